The van der Waals surface area contributed by atoms with E-state index in [2.05, 4.69) is 38.2 Å². The van der Waals surface area contributed by atoms with Crippen LogP contribution < -0.4 is 5.32 Å². The number of rotatable bonds is 7. The van der Waals surface area contributed by atoms with E-state index in [1.165, 1.54) is 30.7 Å². The number of benzene rings is 1. The molecule has 2 saturated carbocycles. The molecule has 9 heteroatoms. The van der Waals surface area contributed by atoms with Crippen LogP contribution in [-0.2, 0) is 16.1 Å². The molecular weight excluding hydrogens is 474 g/mol. The van der Waals surface area contributed by atoms with Crippen LogP contribution in [0.15, 0.2) is 30.6 Å². The van der Waals surface area contributed by atoms with Gasteiger partial charge in [0.25, 0.3) is 0 Å². The van der Waals surface area contributed by atoms with E-state index in [1.807, 2.05) is 12.1 Å². The molecule has 1 aliphatic heterocycles. The van der Waals surface area contributed by atoms with Gasteiger partial charge in [0.2, 0.25) is 5.91 Å². The van der Waals surface area contributed by atoms with E-state index in [0.717, 1.165) is 53.4 Å². The number of ether oxygens (including phenoxy) is 1. The van der Waals surface area contributed by atoms with Crippen molar-refractivity contribution in [2.75, 3.05) is 11.9 Å². The summed E-state index contributed by atoms with van der Waals surface area (Å²) in [5.41, 5.74) is 2.79. The summed E-state index contributed by atoms with van der Waals surface area (Å²) in [6, 6.07) is 7.26. The van der Waals surface area contributed by atoms with Gasteiger partial charge >= 0.3 is 0 Å². The van der Waals surface area contributed by atoms with Crippen LogP contribution in [0.2, 0.25) is 0 Å². The molecule has 3 heterocycles. The monoisotopic (exact) mass is 507 g/mol. The molecular formula is C27H33N5O3S. The zero-order chi connectivity index (χ0) is 24.6. The molecule has 2 aromatic heterocycles. The van der Waals surface area contributed by atoms with Crippen LogP contribution in [0, 0.1) is 5.92 Å². The fraction of sp³-hybridized carbons (Fsp3) is 0.556. The maximum Gasteiger partial charge on any atom is 0.229 e. The van der Waals surface area contributed by atoms with Crippen molar-refractivity contribution in [2.45, 2.75) is 82.8 Å². The Labute approximate surface area is 215 Å². The van der Waals surface area contributed by atoms with E-state index in [9.17, 15) is 9.90 Å². The van der Waals surface area contributed by atoms with Gasteiger partial charge in [0, 0.05) is 36.0 Å². The minimum atomic E-state index is -0.380. The van der Waals surface area contributed by atoms with Crippen LogP contribution in [0.1, 0.15) is 57.7 Å². The molecule has 0 radical (unpaired) electrons. The Morgan fingerprint density at radius 2 is 2.00 bits per heavy atom. The van der Waals surface area contributed by atoms with E-state index in [0.29, 0.717) is 29.6 Å². The quantitative estimate of drug-likeness (QED) is 0.489. The Kier molecular flexibility index (Phi) is 6.73. The van der Waals surface area contributed by atoms with Gasteiger partial charge in [-0.05, 0) is 76.1 Å². The van der Waals surface area contributed by atoms with Crippen LogP contribution in [0.5, 0.6) is 0 Å². The van der Waals surface area contributed by atoms with Gasteiger partial charge in [0.1, 0.15) is 6.61 Å². The number of aromatic nitrogens is 3. The van der Waals surface area contributed by atoms with E-state index in [-0.39, 0.29) is 24.0 Å². The number of anilines is 1. The molecule has 190 valence electrons. The number of nitrogens with zero attached hydrogens (tertiary/aromatic N) is 4. The maximum absolute atomic E-state index is 12.8. The average Bonchev–Trinajstić information content (AvgIpc) is 3.56. The molecule has 0 bridgehead atoms. The van der Waals surface area contributed by atoms with Crippen LogP contribution in [-0.4, -0.2) is 61.7 Å². The summed E-state index contributed by atoms with van der Waals surface area (Å²) in [6.07, 6.45) is 10.2. The molecule has 1 saturated heterocycles. The van der Waals surface area contributed by atoms with Crippen molar-refractivity contribution in [2.24, 2.45) is 5.92 Å². The van der Waals surface area contributed by atoms with Gasteiger partial charge in [-0.1, -0.05) is 17.4 Å². The Morgan fingerprint density at radius 1 is 1.17 bits per heavy atom. The third-order valence-electron chi connectivity index (χ3n) is 8.06. The molecule has 3 fully saturated rings. The zero-order valence-corrected chi connectivity index (χ0v) is 21.4. The van der Waals surface area contributed by atoms with E-state index < -0.39 is 0 Å². The van der Waals surface area contributed by atoms with Crippen molar-refractivity contribution in [1.82, 2.24) is 19.9 Å². The Hall–Kier alpha value is -2.46. The second-order valence-corrected chi connectivity index (χ2v) is 11.5. The summed E-state index contributed by atoms with van der Waals surface area (Å²) >= 11 is 1.50. The second kappa shape index (κ2) is 10.1. The molecule has 1 aromatic carbocycles. The highest BCUT2D eigenvalue weighted by atomic mass is 32.1. The van der Waals surface area contributed by atoms with Gasteiger partial charge in [-0.3, -0.25) is 9.69 Å². The SMILES string of the molecule is C[C@H]1CCCN1C1CC(C(=O)Nc2nc3ccc(-c4cnc(CO[C@H]5CCC[C@@H]5O)nc4)cc3s2)C1. The zero-order valence-electron chi connectivity index (χ0n) is 20.6. The molecule has 2 aliphatic carbocycles. The summed E-state index contributed by atoms with van der Waals surface area (Å²) in [6.45, 7) is 3.78. The topological polar surface area (TPSA) is 100 Å². The van der Waals surface area contributed by atoms with Crippen molar-refractivity contribution in [3.05, 3.63) is 36.4 Å². The van der Waals surface area contributed by atoms with E-state index >= 15 is 0 Å². The van der Waals surface area contributed by atoms with Gasteiger partial charge in [-0.25, -0.2) is 15.0 Å². The van der Waals surface area contributed by atoms with Crippen molar-refractivity contribution in [1.29, 1.82) is 0 Å². The first-order valence-electron chi connectivity index (χ1n) is 13.1. The van der Waals surface area contributed by atoms with Crippen molar-refractivity contribution in [3.8, 4) is 11.1 Å². The molecule has 2 N–H and O–H groups in total. The Bertz CT molecular complexity index is 1230. The smallest absolute Gasteiger partial charge is 0.229 e. The lowest BCUT2D eigenvalue weighted by molar-refractivity contribution is -0.124. The van der Waals surface area contributed by atoms with E-state index in [4.69, 9.17) is 4.74 Å². The minimum absolute atomic E-state index is 0.0851. The third-order valence-corrected chi connectivity index (χ3v) is 8.99. The molecule has 8 nitrogen and oxygen atoms in total. The number of carbonyl (C=O) groups excluding carboxylic acids is 1. The number of aliphatic hydroxyl groups excluding tert-OH is 1. The summed E-state index contributed by atoms with van der Waals surface area (Å²) in [4.78, 5) is 28.9. The maximum atomic E-state index is 12.8. The van der Waals surface area contributed by atoms with Crippen LogP contribution in [0.3, 0.4) is 0 Å². The lowest BCUT2D eigenvalue weighted by atomic mass is 9.78. The molecule has 36 heavy (non-hydrogen) atoms. The van der Waals surface area contributed by atoms with Gasteiger partial charge in [-0.2, -0.15) is 0 Å². The second-order valence-electron chi connectivity index (χ2n) is 10.5. The van der Waals surface area contributed by atoms with Crippen molar-refractivity contribution >= 4 is 32.6 Å². The lowest BCUT2D eigenvalue weighted by Crippen LogP contribution is -2.49. The molecule has 3 aliphatic rings. The number of thiazole rings is 1. The van der Waals surface area contributed by atoms with Crippen molar-refractivity contribution in [3.63, 3.8) is 0 Å². The highest BCUT2D eigenvalue weighted by Gasteiger charge is 2.40. The summed E-state index contributed by atoms with van der Waals surface area (Å²) < 4.78 is 6.80. The summed E-state index contributed by atoms with van der Waals surface area (Å²) in [5, 5.41) is 13.6. The number of hydrogen-bond acceptors (Lipinski definition) is 8. The van der Waals surface area contributed by atoms with E-state index in [1.54, 1.807) is 12.4 Å². The van der Waals surface area contributed by atoms with Crippen molar-refractivity contribution < 1.29 is 14.6 Å². The third kappa shape index (κ3) is 4.89. The highest BCUT2D eigenvalue weighted by Crippen LogP contribution is 2.37. The normalized spacial score (nSPS) is 28.4. The van der Waals surface area contributed by atoms with Crippen LogP contribution >= 0.6 is 11.3 Å². The predicted molar refractivity (Wildman–Crippen MR) is 140 cm³/mol. The van der Waals surface area contributed by atoms with Gasteiger partial charge in [-0.15, -0.1) is 0 Å². The fourth-order valence-corrected chi connectivity index (χ4v) is 6.70. The summed E-state index contributed by atoms with van der Waals surface area (Å²) in [7, 11) is 0. The average molecular weight is 508 g/mol. The predicted octanol–water partition coefficient (Wildman–Crippen LogP) is 4.38. The number of carbonyl (C=O) groups is 1. The number of nitrogens with one attached hydrogen (secondary N) is 1. The number of fused-ring (bicyclic) bond motifs is 1. The Morgan fingerprint density at radius 3 is 2.72 bits per heavy atom. The number of hydrogen-bond donors (Lipinski definition) is 2. The van der Waals surface area contributed by atoms with Gasteiger partial charge in [0.05, 0.1) is 22.4 Å². The molecule has 6 rings (SSSR count). The lowest BCUT2D eigenvalue weighted by Gasteiger charge is -2.42. The number of amides is 1. The molecule has 3 aromatic rings. The van der Waals surface area contributed by atoms with Crippen LogP contribution in [0.25, 0.3) is 21.3 Å². The highest BCUT2D eigenvalue weighted by molar-refractivity contribution is 7.22. The molecule has 0 unspecified atom stereocenters. The van der Waals surface area contributed by atoms with Gasteiger partial charge < -0.3 is 15.2 Å². The Balaban J connectivity index is 1.06. The minimum Gasteiger partial charge on any atom is -0.390 e. The first kappa shape index (κ1) is 23.9. The molecule has 1 amide bonds. The first-order chi connectivity index (χ1) is 17.5. The standard InChI is InChI=1S/C27H33N5O3S/c1-16-4-3-9-32(16)20-10-18(11-20)26(34)31-27-30-21-8-7-17(12-24(21)36-27)19-13-28-25(29-14-19)15-35-23-6-2-5-22(23)33/h7-8,12-14,16,18,20,22-23,33H,2-6,9-11,15H2,1H3,(H,30,31,34)/t16-,18?,20?,22-,23-/m0/s1. The largest absolute Gasteiger partial charge is 0.390 e. The summed E-state index contributed by atoms with van der Waals surface area (Å²) in [5.74, 6) is 0.787. The first-order valence-corrected chi connectivity index (χ1v) is 13.9. The number of aliphatic hydroxyl groups is 1. The van der Waals surface area contributed by atoms with Crippen LogP contribution in [0.4, 0.5) is 5.13 Å². The number of likely N-dealkylation sites (tertiary alicyclic amines) is 1. The van der Waals surface area contributed by atoms with Gasteiger partial charge in [0.15, 0.2) is 11.0 Å². The molecule has 0 spiro atoms. The molecule has 3 atom stereocenters. The fourth-order valence-electron chi connectivity index (χ4n) is 5.80.